The minimum absolute atomic E-state index is 0. The molecule has 0 atom stereocenters. The van der Waals surface area contributed by atoms with Gasteiger partial charge in [-0.3, -0.25) is 4.72 Å². The van der Waals surface area contributed by atoms with Crippen molar-refractivity contribution in [2.24, 2.45) is 5.73 Å². The Balaban J connectivity index is 0.00000196. The van der Waals surface area contributed by atoms with Crippen molar-refractivity contribution in [3.63, 3.8) is 0 Å². The van der Waals surface area contributed by atoms with Gasteiger partial charge in [0.25, 0.3) is 0 Å². The highest BCUT2D eigenvalue weighted by Gasteiger charge is 2.04. The molecular formula is C8H12Cl2N2O2S. The van der Waals surface area contributed by atoms with Crippen LogP contribution in [0.15, 0.2) is 18.2 Å². The Morgan fingerprint density at radius 2 is 2.07 bits per heavy atom. The fraction of sp³-hybridized carbons (Fsp3) is 0.250. The van der Waals surface area contributed by atoms with E-state index in [1.54, 1.807) is 12.1 Å². The molecular weight excluding hydrogens is 259 g/mol. The molecule has 0 heterocycles. The molecule has 0 amide bonds. The maximum absolute atomic E-state index is 10.9. The lowest BCUT2D eigenvalue weighted by Gasteiger charge is -2.06. The first-order valence-corrected chi connectivity index (χ1v) is 6.15. The van der Waals surface area contributed by atoms with Crippen LogP contribution in [0.5, 0.6) is 0 Å². The van der Waals surface area contributed by atoms with Crippen molar-refractivity contribution in [1.29, 1.82) is 0 Å². The summed E-state index contributed by atoms with van der Waals surface area (Å²) in [6.45, 7) is 0.331. The van der Waals surface area contributed by atoms with Gasteiger partial charge >= 0.3 is 0 Å². The molecule has 1 rings (SSSR count). The summed E-state index contributed by atoms with van der Waals surface area (Å²) in [5.74, 6) is 0. The Kier molecular flexibility index (Phi) is 5.37. The number of nitrogens with two attached hydrogens (primary N) is 1. The maximum atomic E-state index is 10.9. The lowest BCUT2D eigenvalue weighted by molar-refractivity contribution is 0.607. The van der Waals surface area contributed by atoms with Gasteiger partial charge in [0, 0.05) is 17.3 Å². The van der Waals surface area contributed by atoms with E-state index in [0.717, 1.165) is 11.8 Å². The number of hydrogen-bond acceptors (Lipinski definition) is 3. The highest BCUT2D eigenvalue weighted by atomic mass is 35.5. The smallest absolute Gasteiger partial charge is 0.229 e. The minimum Gasteiger partial charge on any atom is -0.326 e. The fourth-order valence-electron chi connectivity index (χ4n) is 0.990. The van der Waals surface area contributed by atoms with Crippen LogP contribution >= 0.6 is 24.0 Å². The third-order valence-corrected chi connectivity index (χ3v) is 2.53. The zero-order valence-electron chi connectivity index (χ0n) is 8.03. The average Bonchev–Trinajstić information content (AvgIpc) is 2.01. The first kappa shape index (κ1) is 14.5. The molecule has 0 saturated heterocycles. The van der Waals surface area contributed by atoms with Gasteiger partial charge < -0.3 is 5.73 Å². The minimum atomic E-state index is -3.25. The Bertz CT molecular complexity index is 434. The second kappa shape index (κ2) is 5.55. The van der Waals surface area contributed by atoms with E-state index in [1.807, 2.05) is 0 Å². The monoisotopic (exact) mass is 270 g/mol. The Labute approximate surface area is 100 Å². The zero-order valence-corrected chi connectivity index (χ0v) is 10.4. The van der Waals surface area contributed by atoms with Crippen molar-refractivity contribution < 1.29 is 8.42 Å². The van der Waals surface area contributed by atoms with Gasteiger partial charge in [0.1, 0.15) is 0 Å². The number of hydrogen-bond donors (Lipinski definition) is 2. The lowest BCUT2D eigenvalue weighted by atomic mass is 10.2. The molecule has 0 saturated carbocycles. The highest BCUT2D eigenvalue weighted by molar-refractivity contribution is 7.92. The summed E-state index contributed by atoms with van der Waals surface area (Å²) in [5.41, 5.74) is 6.63. The van der Waals surface area contributed by atoms with Gasteiger partial charge in [0.05, 0.1) is 6.26 Å². The largest absolute Gasteiger partial charge is 0.326 e. The summed E-state index contributed by atoms with van der Waals surface area (Å²) in [6, 6.07) is 4.84. The number of rotatable bonds is 3. The van der Waals surface area contributed by atoms with Gasteiger partial charge in [-0.1, -0.05) is 17.7 Å². The summed E-state index contributed by atoms with van der Waals surface area (Å²) in [4.78, 5) is 0. The van der Waals surface area contributed by atoms with E-state index in [1.165, 1.54) is 6.07 Å². The summed E-state index contributed by atoms with van der Waals surface area (Å²) >= 11 is 5.84. The summed E-state index contributed by atoms with van der Waals surface area (Å²) in [7, 11) is -3.25. The molecule has 4 nitrogen and oxygen atoms in total. The SMILES string of the molecule is CS(=O)(=O)Nc1ccc(CN)c(Cl)c1.Cl. The van der Waals surface area contributed by atoms with Crippen LogP contribution in [0.1, 0.15) is 5.56 Å². The van der Waals surface area contributed by atoms with Crippen LogP contribution < -0.4 is 10.5 Å². The van der Waals surface area contributed by atoms with Gasteiger partial charge in [-0.05, 0) is 17.7 Å². The quantitative estimate of drug-likeness (QED) is 0.876. The number of benzene rings is 1. The average molecular weight is 271 g/mol. The van der Waals surface area contributed by atoms with Crippen LogP contribution in [0.4, 0.5) is 5.69 Å². The molecule has 3 N–H and O–H groups in total. The predicted molar refractivity (Wildman–Crippen MR) is 65.1 cm³/mol. The summed E-state index contributed by atoms with van der Waals surface area (Å²) < 4.78 is 24.1. The van der Waals surface area contributed by atoms with E-state index in [-0.39, 0.29) is 12.4 Å². The van der Waals surface area contributed by atoms with Crippen LogP contribution in [0, 0.1) is 0 Å². The van der Waals surface area contributed by atoms with Crippen molar-refractivity contribution in [3.8, 4) is 0 Å². The molecule has 1 aromatic carbocycles. The van der Waals surface area contributed by atoms with E-state index in [4.69, 9.17) is 17.3 Å². The van der Waals surface area contributed by atoms with Gasteiger partial charge in [-0.15, -0.1) is 12.4 Å². The van der Waals surface area contributed by atoms with E-state index in [9.17, 15) is 8.42 Å². The molecule has 0 radical (unpaired) electrons. The predicted octanol–water partition coefficient (Wildman–Crippen LogP) is 1.59. The van der Waals surface area contributed by atoms with Crippen molar-refractivity contribution in [1.82, 2.24) is 0 Å². The van der Waals surface area contributed by atoms with Crippen LogP contribution in [0.2, 0.25) is 5.02 Å². The molecule has 7 heteroatoms. The molecule has 0 bridgehead atoms. The standard InChI is InChI=1S/C8H11ClN2O2S.ClH/c1-14(12,13)11-7-3-2-6(5-10)8(9)4-7;/h2-4,11H,5,10H2,1H3;1H. The normalized spacial score (nSPS) is 10.6. The second-order valence-corrected chi connectivity index (χ2v) is 5.04. The number of halogens is 2. The van der Waals surface area contributed by atoms with Gasteiger partial charge in [-0.25, -0.2) is 8.42 Å². The van der Waals surface area contributed by atoms with Crippen LogP contribution in [-0.2, 0) is 16.6 Å². The molecule has 0 aliphatic heterocycles. The van der Waals surface area contributed by atoms with Crippen molar-refractivity contribution in [2.75, 3.05) is 11.0 Å². The molecule has 86 valence electrons. The maximum Gasteiger partial charge on any atom is 0.229 e. The number of anilines is 1. The topological polar surface area (TPSA) is 72.2 Å². The Morgan fingerprint density at radius 3 is 2.47 bits per heavy atom. The van der Waals surface area contributed by atoms with Gasteiger partial charge in [-0.2, -0.15) is 0 Å². The van der Waals surface area contributed by atoms with Gasteiger partial charge in [0.15, 0.2) is 0 Å². The number of sulfonamides is 1. The van der Waals surface area contributed by atoms with Crippen LogP contribution in [-0.4, -0.2) is 14.7 Å². The van der Waals surface area contributed by atoms with Crippen LogP contribution in [0.25, 0.3) is 0 Å². The molecule has 15 heavy (non-hydrogen) atoms. The number of nitrogens with one attached hydrogen (secondary N) is 1. The molecule has 1 aromatic rings. The van der Waals surface area contributed by atoms with E-state index >= 15 is 0 Å². The Hall–Kier alpha value is -0.490. The van der Waals surface area contributed by atoms with Crippen molar-refractivity contribution >= 4 is 39.7 Å². The molecule has 0 aromatic heterocycles. The lowest BCUT2D eigenvalue weighted by Crippen LogP contribution is -2.09. The summed E-state index contributed by atoms with van der Waals surface area (Å²) in [5, 5.41) is 0.459. The van der Waals surface area contributed by atoms with Crippen molar-refractivity contribution in [3.05, 3.63) is 28.8 Å². The van der Waals surface area contributed by atoms with Crippen LogP contribution in [0.3, 0.4) is 0 Å². The van der Waals surface area contributed by atoms with E-state index in [2.05, 4.69) is 4.72 Å². The molecule has 0 aliphatic carbocycles. The second-order valence-electron chi connectivity index (χ2n) is 2.88. The highest BCUT2D eigenvalue weighted by Crippen LogP contribution is 2.20. The Morgan fingerprint density at radius 1 is 1.47 bits per heavy atom. The van der Waals surface area contributed by atoms with Gasteiger partial charge in [0.2, 0.25) is 10.0 Å². The summed E-state index contributed by atoms with van der Waals surface area (Å²) in [6.07, 6.45) is 1.08. The van der Waals surface area contributed by atoms with E-state index < -0.39 is 10.0 Å². The third-order valence-electron chi connectivity index (χ3n) is 1.58. The fourth-order valence-corrected chi connectivity index (χ4v) is 1.80. The van der Waals surface area contributed by atoms with Crippen molar-refractivity contribution in [2.45, 2.75) is 6.54 Å². The van der Waals surface area contributed by atoms with E-state index in [0.29, 0.717) is 17.3 Å². The molecule has 0 spiro atoms. The molecule has 0 fully saturated rings. The third kappa shape index (κ3) is 4.70. The zero-order chi connectivity index (χ0) is 10.8. The first-order valence-electron chi connectivity index (χ1n) is 3.88. The molecule has 0 aliphatic rings. The first-order chi connectivity index (χ1) is 6.42. The molecule has 0 unspecified atom stereocenters.